The molecule has 0 radical (unpaired) electrons. The van der Waals surface area contributed by atoms with E-state index in [-0.39, 0.29) is 0 Å². The molecule has 3 rings (SSSR count). The molecule has 0 bridgehead atoms. The van der Waals surface area contributed by atoms with Crippen LogP contribution in [0.4, 0.5) is 0 Å². The van der Waals surface area contributed by atoms with Crippen LogP contribution in [0.5, 0.6) is 5.75 Å². The van der Waals surface area contributed by atoms with Crippen molar-refractivity contribution in [3.8, 4) is 16.9 Å². The first-order valence-electron chi connectivity index (χ1n) is 4.93. The summed E-state index contributed by atoms with van der Waals surface area (Å²) < 4.78 is 10.6. The molecule has 1 heterocycles. The summed E-state index contributed by atoms with van der Waals surface area (Å²) >= 11 is 0. The average molecular weight is 231 g/mol. The molecule has 1 aliphatic heterocycles. The second-order valence-corrected chi connectivity index (χ2v) is 4.86. The fourth-order valence-corrected chi connectivity index (χ4v) is 3.04. The van der Waals surface area contributed by atoms with E-state index in [1.165, 1.54) is 0 Å². The van der Waals surface area contributed by atoms with Gasteiger partial charge in [-0.25, -0.2) is 10.5 Å². The van der Waals surface area contributed by atoms with Gasteiger partial charge in [-0.1, -0.05) is 36.4 Å². The summed E-state index contributed by atoms with van der Waals surface area (Å²) in [5, 5.41) is 1.03. The van der Waals surface area contributed by atoms with Crippen molar-refractivity contribution in [2.75, 3.05) is 0 Å². The molecular weight excluding hydrogens is 221 g/mol. The van der Waals surface area contributed by atoms with Gasteiger partial charge in [-0.2, -0.15) is 0 Å². The zero-order chi connectivity index (χ0) is 11.0. The molecule has 0 spiro atoms. The molecule has 0 amide bonds. The van der Waals surface area contributed by atoms with Crippen molar-refractivity contribution < 1.29 is 9.15 Å². The normalized spacial score (nSPS) is 17.2. The molecule has 1 aliphatic rings. The van der Waals surface area contributed by atoms with Crippen LogP contribution < -0.4 is 15.7 Å². The Hall–Kier alpha value is -1.41. The van der Waals surface area contributed by atoms with Crippen molar-refractivity contribution in [3.63, 3.8) is 0 Å². The molecule has 0 saturated carbocycles. The Bertz CT molecular complexity index is 530. The molecule has 2 aromatic rings. The Balaban J connectivity index is 2.24. The molecule has 2 N–H and O–H groups in total. The molecule has 0 aliphatic carbocycles. The molecule has 16 heavy (non-hydrogen) atoms. The summed E-state index contributed by atoms with van der Waals surface area (Å²) in [6, 6.07) is 15.9. The van der Waals surface area contributed by atoms with E-state index in [9.17, 15) is 0 Å². The maximum atomic E-state index is 5.73. The van der Waals surface area contributed by atoms with Gasteiger partial charge in [0.2, 0.25) is 0 Å². The fraction of sp³-hybridized carbons (Fsp3) is 0. The van der Waals surface area contributed by atoms with Crippen molar-refractivity contribution in [2.45, 2.75) is 0 Å². The van der Waals surface area contributed by atoms with Crippen molar-refractivity contribution in [1.29, 1.82) is 0 Å². The third-order valence-corrected chi connectivity index (χ3v) is 3.89. The van der Waals surface area contributed by atoms with Crippen LogP contribution in [-0.4, -0.2) is 0 Å². The molecule has 80 valence electrons. The third-order valence-electron chi connectivity index (χ3n) is 2.55. The average Bonchev–Trinajstić information content (AvgIpc) is 2.38. The van der Waals surface area contributed by atoms with Crippen molar-refractivity contribution >= 4 is 13.7 Å². The zero-order valence-corrected chi connectivity index (χ0v) is 9.35. The Kier molecular flexibility index (Phi) is 2.37. The van der Waals surface area contributed by atoms with E-state index >= 15 is 0 Å². The molecule has 0 saturated heterocycles. The van der Waals surface area contributed by atoms with Gasteiger partial charge in [0.15, 0.2) is 0 Å². The van der Waals surface area contributed by atoms with Crippen molar-refractivity contribution in [2.24, 2.45) is 5.90 Å². The smallest absolute Gasteiger partial charge is 0.283 e. The summed E-state index contributed by atoms with van der Waals surface area (Å²) in [4.78, 5) is 0. The van der Waals surface area contributed by atoms with Crippen LogP contribution in [-0.2, 0) is 4.62 Å². The quantitative estimate of drug-likeness (QED) is 0.606. The predicted molar refractivity (Wildman–Crippen MR) is 64.3 cm³/mol. The highest BCUT2D eigenvalue weighted by atomic mass is 31.2. The minimum absolute atomic E-state index is 0.831. The predicted octanol–water partition coefficient (Wildman–Crippen LogP) is 2.57. The van der Waals surface area contributed by atoms with E-state index in [2.05, 4.69) is 6.07 Å². The lowest BCUT2D eigenvalue weighted by atomic mass is 10.0. The number of benzene rings is 2. The minimum atomic E-state index is -1.19. The van der Waals surface area contributed by atoms with Gasteiger partial charge in [0.25, 0.3) is 8.38 Å². The van der Waals surface area contributed by atoms with Crippen LogP contribution in [0.2, 0.25) is 0 Å². The first kappa shape index (κ1) is 9.79. The largest absolute Gasteiger partial charge is 0.442 e. The van der Waals surface area contributed by atoms with Crippen LogP contribution in [0.15, 0.2) is 48.5 Å². The van der Waals surface area contributed by atoms with Crippen LogP contribution >= 0.6 is 8.38 Å². The fourth-order valence-electron chi connectivity index (χ4n) is 1.85. The highest BCUT2D eigenvalue weighted by Gasteiger charge is 2.26. The van der Waals surface area contributed by atoms with Crippen molar-refractivity contribution in [1.82, 2.24) is 0 Å². The molecular formula is C12H10NO2P. The van der Waals surface area contributed by atoms with Gasteiger partial charge >= 0.3 is 0 Å². The Morgan fingerprint density at radius 2 is 1.62 bits per heavy atom. The number of rotatable bonds is 1. The summed E-state index contributed by atoms with van der Waals surface area (Å²) in [7, 11) is -1.19. The number of nitrogens with two attached hydrogens (primary N) is 1. The first-order chi connectivity index (χ1) is 7.90. The highest BCUT2D eigenvalue weighted by molar-refractivity contribution is 7.56. The van der Waals surface area contributed by atoms with Gasteiger partial charge in [0.1, 0.15) is 5.75 Å². The van der Waals surface area contributed by atoms with E-state index in [4.69, 9.17) is 15.0 Å². The topological polar surface area (TPSA) is 44.5 Å². The second-order valence-electron chi connectivity index (χ2n) is 3.47. The van der Waals surface area contributed by atoms with Gasteiger partial charge in [0, 0.05) is 5.56 Å². The van der Waals surface area contributed by atoms with Gasteiger partial charge in [-0.15, -0.1) is 0 Å². The van der Waals surface area contributed by atoms with Gasteiger partial charge in [0.05, 0.1) is 5.30 Å². The van der Waals surface area contributed by atoms with Crippen LogP contribution in [0, 0.1) is 0 Å². The summed E-state index contributed by atoms with van der Waals surface area (Å²) in [5.41, 5.74) is 2.23. The highest BCUT2D eigenvalue weighted by Crippen LogP contribution is 2.47. The van der Waals surface area contributed by atoms with Crippen LogP contribution in [0.3, 0.4) is 0 Å². The molecule has 0 aromatic heterocycles. The lowest BCUT2D eigenvalue weighted by molar-refractivity contribution is 0.335. The Labute approximate surface area is 94.7 Å². The van der Waals surface area contributed by atoms with Crippen LogP contribution in [0.1, 0.15) is 0 Å². The molecule has 3 nitrogen and oxygen atoms in total. The summed E-state index contributed by atoms with van der Waals surface area (Å²) in [5.74, 6) is 6.11. The second kappa shape index (κ2) is 3.87. The van der Waals surface area contributed by atoms with Gasteiger partial charge in [-0.05, 0) is 17.7 Å². The summed E-state index contributed by atoms with van der Waals surface area (Å²) in [6.45, 7) is 0. The Morgan fingerprint density at radius 3 is 2.44 bits per heavy atom. The number of para-hydroxylation sites is 1. The monoisotopic (exact) mass is 231 g/mol. The third kappa shape index (κ3) is 1.41. The summed E-state index contributed by atoms with van der Waals surface area (Å²) in [6.07, 6.45) is 0. The lowest BCUT2D eigenvalue weighted by Crippen LogP contribution is -2.17. The SMILES string of the molecule is NOP1Oc2ccccc2-c2ccccc21. The molecule has 0 fully saturated rings. The zero-order valence-electron chi connectivity index (χ0n) is 8.46. The standard InChI is InChI=1S/C12H10NO2P/c13-15-16-12-8-4-2-6-10(12)9-5-1-3-7-11(9)14-16/h1-8H,13H2. The molecule has 4 heteroatoms. The van der Waals surface area contributed by atoms with Gasteiger partial charge in [-0.3, -0.25) is 0 Å². The van der Waals surface area contributed by atoms with E-state index in [0.717, 1.165) is 22.2 Å². The number of hydrogen-bond donors (Lipinski definition) is 1. The van der Waals surface area contributed by atoms with E-state index in [0.29, 0.717) is 0 Å². The van der Waals surface area contributed by atoms with E-state index < -0.39 is 8.38 Å². The minimum Gasteiger partial charge on any atom is -0.442 e. The van der Waals surface area contributed by atoms with Gasteiger partial charge < -0.3 is 4.52 Å². The number of hydrogen-bond acceptors (Lipinski definition) is 3. The lowest BCUT2D eigenvalue weighted by Gasteiger charge is -2.25. The number of fused-ring (bicyclic) bond motifs is 3. The molecule has 1 unspecified atom stereocenters. The maximum Gasteiger partial charge on any atom is 0.283 e. The maximum absolute atomic E-state index is 5.73. The van der Waals surface area contributed by atoms with Crippen LogP contribution in [0.25, 0.3) is 11.1 Å². The first-order valence-corrected chi connectivity index (χ1v) is 6.11. The molecule has 2 aromatic carbocycles. The Morgan fingerprint density at radius 1 is 0.938 bits per heavy atom. The van der Waals surface area contributed by atoms with Crippen molar-refractivity contribution in [3.05, 3.63) is 48.5 Å². The van der Waals surface area contributed by atoms with E-state index in [1.807, 2.05) is 42.5 Å². The molecule has 1 atom stereocenters. The van der Waals surface area contributed by atoms with E-state index in [1.54, 1.807) is 0 Å².